The Balaban J connectivity index is 2.00. The van der Waals surface area contributed by atoms with Gasteiger partial charge >= 0.3 is 0 Å². The number of primary sulfonamides is 1. The van der Waals surface area contributed by atoms with Crippen molar-refractivity contribution in [2.24, 2.45) is 5.14 Å². The molecule has 0 saturated heterocycles. The zero-order valence-corrected chi connectivity index (χ0v) is 12.6. The van der Waals surface area contributed by atoms with Crippen LogP contribution in [0.25, 0.3) is 0 Å². The normalized spacial score (nSPS) is 11.2. The van der Waals surface area contributed by atoms with Crippen LogP contribution in [0.5, 0.6) is 0 Å². The quantitative estimate of drug-likeness (QED) is 0.705. The molecule has 0 atom stereocenters. The fourth-order valence-corrected chi connectivity index (χ4v) is 2.32. The van der Waals surface area contributed by atoms with Crippen molar-refractivity contribution in [1.82, 2.24) is 10.3 Å². The Morgan fingerprint density at radius 1 is 1.23 bits per heavy atom. The summed E-state index contributed by atoms with van der Waals surface area (Å²) < 4.78 is 22.3. The van der Waals surface area contributed by atoms with E-state index in [-0.39, 0.29) is 28.8 Å². The van der Waals surface area contributed by atoms with Gasteiger partial charge in [0.25, 0.3) is 5.91 Å². The highest BCUT2D eigenvalue weighted by atomic mass is 32.2. The molecule has 0 bridgehead atoms. The van der Waals surface area contributed by atoms with Gasteiger partial charge < -0.3 is 10.3 Å². The Kier molecular flexibility index (Phi) is 4.43. The van der Waals surface area contributed by atoms with E-state index in [1.807, 2.05) is 0 Å². The average Bonchev–Trinajstić information content (AvgIpc) is 2.94. The lowest BCUT2D eigenvalue weighted by Crippen LogP contribution is -2.23. The van der Waals surface area contributed by atoms with Gasteiger partial charge in [-0.1, -0.05) is 12.1 Å². The van der Waals surface area contributed by atoms with Crippen LogP contribution in [-0.4, -0.2) is 25.1 Å². The van der Waals surface area contributed by atoms with Gasteiger partial charge in [0.05, 0.1) is 4.90 Å². The number of nitrogens with two attached hydrogens (primary N) is 1. The molecule has 0 aliphatic rings. The summed E-state index contributed by atoms with van der Waals surface area (Å²) in [6, 6.07) is 7.35. The van der Waals surface area contributed by atoms with Gasteiger partial charge in [0, 0.05) is 18.3 Å². The Hall–Kier alpha value is -2.45. The van der Waals surface area contributed by atoms with Crippen LogP contribution < -0.4 is 10.5 Å². The number of amides is 1. The Morgan fingerprint density at radius 3 is 2.36 bits per heavy atom. The molecule has 7 nitrogen and oxygen atoms in total. The van der Waals surface area contributed by atoms with E-state index in [9.17, 15) is 18.0 Å². The van der Waals surface area contributed by atoms with Crippen molar-refractivity contribution >= 4 is 21.7 Å². The summed E-state index contributed by atoms with van der Waals surface area (Å²) in [6.07, 6.45) is 1.47. The highest BCUT2D eigenvalue weighted by molar-refractivity contribution is 7.89. The van der Waals surface area contributed by atoms with Crippen LogP contribution in [0.2, 0.25) is 0 Å². The topological polar surface area (TPSA) is 122 Å². The number of nitrogens with one attached hydrogen (secondary N) is 2. The molecule has 2 rings (SSSR count). The van der Waals surface area contributed by atoms with E-state index in [0.717, 1.165) is 5.56 Å². The molecule has 1 aromatic carbocycles. The number of carbonyl (C=O) groups is 2. The van der Waals surface area contributed by atoms with Gasteiger partial charge in [0.2, 0.25) is 10.0 Å². The number of aromatic amines is 1. The second-order valence-electron chi connectivity index (χ2n) is 4.73. The summed E-state index contributed by atoms with van der Waals surface area (Å²) in [4.78, 5) is 25.8. The van der Waals surface area contributed by atoms with Gasteiger partial charge in [-0.3, -0.25) is 9.59 Å². The lowest BCUT2D eigenvalue weighted by Gasteiger charge is -2.05. The zero-order valence-electron chi connectivity index (χ0n) is 11.8. The smallest absolute Gasteiger partial charge is 0.267 e. The Bertz CT molecular complexity index is 807. The van der Waals surface area contributed by atoms with E-state index in [4.69, 9.17) is 5.14 Å². The van der Waals surface area contributed by atoms with Gasteiger partial charge in [0.15, 0.2) is 5.78 Å². The molecule has 1 amide bonds. The number of aromatic nitrogens is 1. The number of benzene rings is 1. The molecule has 4 N–H and O–H groups in total. The lowest BCUT2D eigenvalue weighted by atomic mass is 10.2. The van der Waals surface area contributed by atoms with Crippen LogP contribution in [-0.2, 0) is 16.6 Å². The first-order chi connectivity index (χ1) is 10.3. The van der Waals surface area contributed by atoms with Crippen molar-refractivity contribution in [3.8, 4) is 0 Å². The minimum Gasteiger partial charge on any atom is -0.356 e. The van der Waals surface area contributed by atoms with Crippen LogP contribution in [0.4, 0.5) is 0 Å². The molecule has 0 unspecified atom stereocenters. The molecule has 0 aliphatic heterocycles. The first-order valence-electron chi connectivity index (χ1n) is 6.36. The molecule has 1 heterocycles. The van der Waals surface area contributed by atoms with Crippen LogP contribution >= 0.6 is 0 Å². The number of ketones is 1. The second kappa shape index (κ2) is 6.12. The molecule has 2 aromatic rings. The molecule has 8 heteroatoms. The fourth-order valence-electron chi connectivity index (χ4n) is 1.80. The van der Waals surface area contributed by atoms with Gasteiger partial charge in [-0.05, 0) is 30.7 Å². The number of sulfonamides is 1. The molecule has 22 heavy (non-hydrogen) atoms. The molecular formula is C14H15N3O4S. The third-order valence-corrected chi connectivity index (χ3v) is 3.97. The minimum absolute atomic E-state index is 0.0121. The number of hydrogen-bond acceptors (Lipinski definition) is 4. The predicted octanol–water partition coefficient (Wildman–Crippen LogP) is 0.795. The number of hydrogen-bond donors (Lipinski definition) is 3. The van der Waals surface area contributed by atoms with E-state index in [1.54, 1.807) is 12.1 Å². The number of Topliss-reactive ketones (excluding diaryl/α,β-unsaturated/α-hetero) is 1. The maximum atomic E-state index is 11.9. The van der Waals surface area contributed by atoms with E-state index in [0.29, 0.717) is 5.56 Å². The monoisotopic (exact) mass is 321 g/mol. The molecule has 1 aromatic heterocycles. The molecule has 0 fully saturated rings. The molecule has 0 saturated carbocycles. The molecule has 0 spiro atoms. The maximum Gasteiger partial charge on any atom is 0.267 e. The largest absolute Gasteiger partial charge is 0.356 e. The van der Waals surface area contributed by atoms with Crippen molar-refractivity contribution in [2.75, 3.05) is 0 Å². The van der Waals surface area contributed by atoms with Gasteiger partial charge in [0.1, 0.15) is 5.69 Å². The van der Waals surface area contributed by atoms with Crippen molar-refractivity contribution in [3.05, 3.63) is 53.3 Å². The van der Waals surface area contributed by atoms with E-state index < -0.39 is 10.0 Å². The van der Waals surface area contributed by atoms with Crippen molar-refractivity contribution in [3.63, 3.8) is 0 Å². The Morgan fingerprint density at radius 2 is 1.86 bits per heavy atom. The summed E-state index contributed by atoms with van der Waals surface area (Å²) in [5.41, 5.74) is 1.44. The highest BCUT2D eigenvalue weighted by Crippen LogP contribution is 2.09. The fraction of sp³-hybridized carbons (Fsp3) is 0.143. The zero-order chi connectivity index (χ0) is 16.3. The van der Waals surface area contributed by atoms with E-state index >= 15 is 0 Å². The van der Waals surface area contributed by atoms with Gasteiger partial charge in [-0.2, -0.15) is 0 Å². The summed E-state index contributed by atoms with van der Waals surface area (Å²) in [5.74, 6) is -0.489. The molecule has 0 radical (unpaired) electrons. The van der Waals surface area contributed by atoms with Crippen molar-refractivity contribution < 1.29 is 18.0 Å². The van der Waals surface area contributed by atoms with E-state index in [2.05, 4.69) is 10.3 Å². The third-order valence-electron chi connectivity index (χ3n) is 3.04. The second-order valence-corrected chi connectivity index (χ2v) is 6.29. The first-order valence-corrected chi connectivity index (χ1v) is 7.91. The lowest BCUT2D eigenvalue weighted by molar-refractivity contribution is 0.0946. The molecule has 0 aliphatic carbocycles. The summed E-state index contributed by atoms with van der Waals surface area (Å²) >= 11 is 0. The van der Waals surface area contributed by atoms with E-state index in [1.165, 1.54) is 31.3 Å². The standard InChI is InChI=1S/C14H15N3O4S/c1-9(18)11-6-13(16-8-11)14(19)17-7-10-2-4-12(5-3-10)22(15,20)21/h2-6,8,16H,7H2,1H3,(H,17,19)(H2,15,20,21). The number of carbonyl (C=O) groups excluding carboxylic acids is 2. The van der Waals surface area contributed by atoms with Gasteiger partial charge in [-0.15, -0.1) is 0 Å². The number of rotatable bonds is 5. The Labute approximate surface area is 127 Å². The molecular weight excluding hydrogens is 306 g/mol. The third kappa shape index (κ3) is 3.80. The summed E-state index contributed by atoms with van der Waals surface area (Å²) in [7, 11) is -3.72. The average molecular weight is 321 g/mol. The predicted molar refractivity (Wildman–Crippen MR) is 79.8 cm³/mol. The van der Waals surface area contributed by atoms with Crippen molar-refractivity contribution in [2.45, 2.75) is 18.4 Å². The van der Waals surface area contributed by atoms with Crippen LogP contribution in [0.1, 0.15) is 33.3 Å². The minimum atomic E-state index is -3.72. The van der Waals surface area contributed by atoms with Crippen LogP contribution in [0.3, 0.4) is 0 Å². The van der Waals surface area contributed by atoms with Gasteiger partial charge in [-0.25, -0.2) is 13.6 Å². The number of H-pyrrole nitrogens is 1. The first kappa shape index (κ1) is 15.9. The van der Waals surface area contributed by atoms with Crippen molar-refractivity contribution in [1.29, 1.82) is 0 Å². The van der Waals surface area contributed by atoms with Crippen LogP contribution in [0, 0.1) is 0 Å². The molecule has 116 valence electrons. The maximum absolute atomic E-state index is 11.9. The highest BCUT2D eigenvalue weighted by Gasteiger charge is 2.11. The van der Waals surface area contributed by atoms with Crippen LogP contribution in [0.15, 0.2) is 41.4 Å². The SMILES string of the molecule is CC(=O)c1c[nH]c(C(=O)NCc2ccc(S(N)(=O)=O)cc2)c1. The summed E-state index contributed by atoms with van der Waals surface area (Å²) in [5, 5.41) is 7.67. The summed E-state index contributed by atoms with van der Waals surface area (Å²) in [6.45, 7) is 1.63.